The fraction of sp³-hybridized carbons (Fsp3) is 0.278. The molecule has 0 unspecified atom stereocenters. The fourth-order valence-corrected chi connectivity index (χ4v) is 2.30. The number of carbonyl (C=O) groups is 2. The first-order chi connectivity index (χ1) is 11.4. The van der Waals surface area contributed by atoms with Crippen LogP contribution in [-0.4, -0.2) is 22.8 Å². The molecule has 1 atom stereocenters. The number of benzene rings is 1. The maximum absolute atomic E-state index is 12.5. The van der Waals surface area contributed by atoms with Gasteiger partial charge >= 0.3 is 0 Å². The molecule has 0 radical (unpaired) electrons. The SMILES string of the molecule is Cc1cccc(NC(=O)[C@@H](NC(=O)c2ccc(Cl)cc2)C(C)C)n1. The van der Waals surface area contributed by atoms with Crippen LogP contribution in [0.15, 0.2) is 42.5 Å². The molecule has 1 aromatic carbocycles. The van der Waals surface area contributed by atoms with E-state index in [1.165, 1.54) is 0 Å². The van der Waals surface area contributed by atoms with E-state index in [1.54, 1.807) is 30.3 Å². The molecule has 0 spiro atoms. The van der Waals surface area contributed by atoms with Gasteiger partial charge in [-0.05, 0) is 49.2 Å². The van der Waals surface area contributed by atoms with Gasteiger partial charge in [0.15, 0.2) is 0 Å². The predicted octanol–water partition coefficient (Wildman–Crippen LogP) is 3.44. The van der Waals surface area contributed by atoms with Crippen molar-refractivity contribution in [3.8, 4) is 0 Å². The number of nitrogens with one attached hydrogen (secondary N) is 2. The van der Waals surface area contributed by atoms with E-state index in [-0.39, 0.29) is 17.7 Å². The van der Waals surface area contributed by atoms with E-state index in [4.69, 9.17) is 11.6 Å². The van der Waals surface area contributed by atoms with Crippen LogP contribution in [0.1, 0.15) is 29.9 Å². The molecular formula is C18H20ClN3O2. The van der Waals surface area contributed by atoms with Crippen molar-refractivity contribution in [3.63, 3.8) is 0 Å². The van der Waals surface area contributed by atoms with E-state index in [0.717, 1.165) is 5.69 Å². The molecule has 2 aromatic rings. The number of nitrogens with zero attached hydrogens (tertiary/aromatic N) is 1. The molecule has 2 rings (SSSR count). The minimum atomic E-state index is -0.671. The van der Waals surface area contributed by atoms with Gasteiger partial charge in [0.05, 0.1) is 0 Å². The van der Waals surface area contributed by atoms with Crippen LogP contribution in [0.5, 0.6) is 0 Å². The highest BCUT2D eigenvalue weighted by Gasteiger charge is 2.25. The van der Waals surface area contributed by atoms with Crippen molar-refractivity contribution in [2.45, 2.75) is 26.8 Å². The zero-order valence-electron chi connectivity index (χ0n) is 13.8. The lowest BCUT2D eigenvalue weighted by Crippen LogP contribution is -2.47. The zero-order valence-corrected chi connectivity index (χ0v) is 14.6. The average Bonchev–Trinajstić information content (AvgIpc) is 2.52. The van der Waals surface area contributed by atoms with Gasteiger partial charge in [0.2, 0.25) is 5.91 Å². The van der Waals surface area contributed by atoms with Gasteiger partial charge in [0.25, 0.3) is 5.91 Å². The van der Waals surface area contributed by atoms with E-state index in [0.29, 0.717) is 16.4 Å². The van der Waals surface area contributed by atoms with Crippen LogP contribution in [-0.2, 0) is 4.79 Å². The number of hydrogen-bond acceptors (Lipinski definition) is 3. The molecule has 0 saturated heterocycles. The number of carbonyl (C=O) groups excluding carboxylic acids is 2. The molecule has 1 heterocycles. The van der Waals surface area contributed by atoms with Crippen molar-refractivity contribution >= 4 is 29.2 Å². The van der Waals surface area contributed by atoms with Gasteiger partial charge in [-0.1, -0.05) is 31.5 Å². The molecule has 0 aliphatic carbocycles. The first-order valence-electron chi connectivity index (χ1n) is 7.68. The summed E-state index contributed by atoms with van der Waals surface area (Å²) in [5, 5.41) is 6.06. The minimum Gasteiger partial charge on any atom is -0.340 e. The maximum Gasteiger partial charge on any atom is 0.251 e. The second kappa shape index (κ2) is 7.93. The van der Waals surface area contributed by atoms with E-state index in [9.17, 15) is 9.59 Å². The number of amides is 2. The Bertz CT molecular complexity index is 729. The van der Waals surface area contributed by atoms with E-state index in [1.807, 2.05) is 32.9 Å². The second-order valence-corrected chi connectivity index (χ2v) is 6.29. The quantitative estimate of drug-likeness (QED) is 0.872. The molecule has 126 valence electrons. The summed E-state index contributed by atoms with van der Waals surface area (Å²) >= 11 is 5.82. The standard InChI is InChI=1S/C18H20ClN3O2/c1-11(2)16(18(24)21-15-6-4-5-12(3)20-15)22-17(23)13-7-9-14(19)10-8-13/h4-11,16H,1-3H3,(H,22,23)(H,20,21,24)/t16-/m0/s1. The summed E-state index contributed by atoms with van der Waals surface area (Å²) in [6.07, 6.45) is 0. The maximum atomic E-state index is 12.5. The van der Waals surface area contributed by atoms with Crippen LogP contribution >= 0.6 is 11.6 Å². The molecule has 1 aromatic heterocycles. The van der Waals surface area contributed by atoms with Gasteiger partial charge in [-0.25, -0.2) is 4.98 Å². The number of hydrogen-bond donors (Lipinski definition) is 2. The molecule has 0 saturated carbocycles. The van der Waals surface area contributed by atoms with Crippen LogP contribution in [0, 0.1) is 12.8 Å². The van der Waals surface area contributed by atoms with Crippen LogP contribution in [0.3, 0.4) is 0 Å². The van der Waals surface area contributed by atoms with Gasteiger partial charge in [-0.2, -0.15) is 0 Å². The van der Waals surface area contributed by atoms with Crippen LogP contribution < -0.4 is 10.6 Å². The zero-order chi connectivity index (χ0) is 17.7. The van der Waals surface area contributed by atoms with Crippen molar-refractivity contribution in [2.75, 3.05) is 5.32 Å². The summed E-state index contributed by atoms with van der Waals surface area (Å²) in [4.78, 5) is 29.1. The van der Waals surface area contributed by atoms with Gasteiger partial charge in [0, 0.05) is 16.3 Å². The molecular weight excluding hydrogens is 326 g/mol. The summed E-state index contributed by atoms with van der Waals surface area (Å²) in [5.41, 5.74) is 1.26. The lowest BCUT2D eigenvalue weighted by molar-refractivity contribution is -0.118. The number of aryl methyl sites for hydroxylation is 1. The Labute approximate surface area is 146 Å². The topological polar surface area (TPSA) is 71.1 Å². The third kappa shape index (κ3) is 4.80. The third-order valence-corrected chi connectivity index (χ3v) is 3.73. The summed E-state index contributed by atoms with van der Waals surface area (Å²) in [7, 11) is 0. The Hall–Kier alpha value is -2.40. The van der Waals surface area contributed by atoms with Gasteiger partial charge in [0.1, 0.15) is 11.9 Å². The minimum absolute atomic E-state index is 0.0777. The largest absolute Gasteiger partial charge is 0.340 e. The molecule has 6 heteroatoms. The molecule has 5 nitrogen and oxygen atoms in total. The Morgan fingerprint density at radius 3 is 2.33 bits per heavy atom. The Morgan fingerprint density at radius 2 is 1.75 bits per heavy atom. The number of pyridine rings is 1. The highest BCUT2D eigenvalue weighted by molar-refractivity contribution is 6.30. The van der Waals surface area contributed by atoms with Gasteiger partial charge in [-0.15, -0.1) is 0 Å². The number of halogens is 1. The second-order valence-electron chi connectivity index (χ2n) is 5.86. The molecule has 24 heavy (non-hydrogen) atoms. The van der Waals surface area contributed by atoms with Crippen molar-refractivity contribution < 1.29 is 9.59 Å². The number of aromatic nitrogens is 1. The normalized spacial score (nSPS) is 11.9. The number of rotatable bonds is 5. The predicted molar refractivity (Wildman–Crippen MR) is 95.1 cm³/mol. The Kier molecular flexibility index (Phi) is 5.93. The highest BCUT2D eigenvalue weighted by Crippen LogP contribution is 2.12. The molecule has 0 bridgehead atoms. The summed E-state index contributed by atoms with van der Waals surface area (Å²) in [6.45, 7) is 5.59. The fourth-order valence-electron chi connectivity index (χ4n) is 2.18. The van der Waals surface area contributed by atoms with Crippen LogP contribution in [0.25, 0.3) is 0 Å². The van der Waals surface area contributed by atoms with Gasteiger partial charge < -0.3 is 10.6 Å². The highest BCUT2D eigenvalue weighted by atomic mass is 35.5. The summed E-state index contributed by atoms with van der Waals surface area (Å²) in [5.74, 6) is -0.236. The Balaban J connectivity index is 2.09. The van der Waals surface area contributed by atoms with E-state index < -0.39 is 6.04 Å². The molecule has 2 N–H and O–H groups in total. The Morgan fingerprint density at radius 1 is 1.08 bits per heavy atom. The smallest absolute Gasteiger partial charge is 0.251 e. The number of anilines is 1. The van der Waals surface area contributed by atoms with Crippen molar-refractivity contribution in [2.24, 2.45) is 5.92 Å². The van der Waals surface area contributed by atoms with Crippen LogP contribution in [0.4, 0.5) is 5.82 Å². The lowest BCUT2D eigenvalue weighted by Gasteiger charge is -2.21. The molecule has 2 amide bonds. The van der Waals surface area contributed by atoms with Crippen molar-refractivity contribution in [1.29, 1.82) is 0 Å². The van der Waals surface area contributed by atoms with Gasteiger partial charge in [-0.3, -0.25) is 9.59 Å². The first kappa shape index (κ1) is 17.9. The molecule has 0 fully saturated rings. The van der Waals surface area contributed by atoms with Crippen molar-refractivity contribution in [3.05, 3.63) is 58.7 Å². The lowest BCUT2D eigenvalue weighted by atomic mass is 10.0. The van der Waals surface area contributed by atoms with Crippen molar-refractivity contribution in [1.82, 2.24) is 10.3 Å². The van der Waals surface area contributed by atoms with E-state index >= 15 is 0 Å². The van der Waals surface area contributed by atoms with E-state index in [2.05, 4.69) is 15.6 Å². The summed E-state index contributed by atoms with van der Waals surface area (Å²) < 4.78 is 0. The van der Waals surface area contributed by atoms with Crippen LogP contribution in [0.2, 0.25) is 5.02 Å². The summed E-state index contributed by atoms with van der Waals surface area (Å²) in [6, 6.07) is 11.2. The molecule has 0 aliphatic rings. The first-order valence-corrected chi connectivity index (χ1v) is 8.05. The monoisotopic (exact) mass is 345 g/mol. The molecule has 0 aliphatic heterocycles. The average molecular weight is 346 g/mol. The third-order valence-electron chi connectivity index (χ3n) is 3.48.